The summed E-state index contributed by atoms with van der Waals surface area (Å²) < 4.78 is 12.0. The maximum atomic E-state index is 6.06. The molecule has 19 heavy (non-hydrogen) atoms. The number of aryl methyl sites for hydroxylation is 1. The van der Waals surface area contributed by atoms with Gasteiger partial charge in [0.05, 0.1) is 0 Å². The van der Waals surface area contributed by atoms with Gasteiger partial charge in [-0.05, 0) is 25.8 Å². The van der Waals surface area contributed by atoms with Crippen molar-refractivity contribution in [3.05, 3.63) is 35.6 Å². The van der Waals surface area contributed by atoms with Crippen molar-refractivity contribution in [3.63, 3.8) is 0 Å². The molecule has 0 bridgehead atoms. The number of nitrogens with one attached hydrogen (secondary N) is 1. The molecule has 2 heterocycles. The fourth-order valence-corrected chi connectivity index (χ4v) is 2.77. The smallest absolute Gasteiger partial charge is 0.138 e. The molecule has 1 aliphatic heterocycles. The summed E-state index contributed by atoms with van der Waals surface area (Å²) in [5, 5.41) is 4.73. The first kappa shape index (κ1) is 12.7. The van der Waals surface area contributed by atoms with Gasteiger partial charge >= 0.3 is 0 Å². The second kappa shape index (κ2) is 5.35. The molecule has 1 N–H and O–H groups in total. The number of hydrogen-bond acceptors (Lipinski definition) is 3. The van der Waals surface area contributed by atoms with E-state index in [2.05, 4.69) is 31.3 Å². The summed E-state index contributed by atoms with van der Waals surface area (Å²) in [7, 11) is 0. The number of ether oxygens (including phenoxy) is 1. The van der Waals surface area contributed by atoms with Crippen molar-refractivity contribution in [2.75, 3.05) is 13.2 Å². The van der Waals surface area contributed by atoms with Gasteiger partial charge in [-0.2, -0.15) is 0 Å². The molecule has 2 aromatic rings. The van der Waals surface area contributed by atoms with Gasteiger partial charge in [0.1, 0.15) is 17.4 Å². The molecule has 1 saturated heterocycles. The molecule has 0 aliphatic carbocycles. The summed E-state index contributed by atoms with van der Waals surface area (Å²) in [4.78, 5) is 0. The lowest BCUT2D eigenvalue weighted by Gasteiger charge is -2.14. The topological polar surface area (TPSA) is 34.4 Å². The summed E-state index contributed by atoms with van der Waals surface area (Å²) >= 11 is 0. The third kappa shape index (κ3) is 2.40. The first-order valence-electron chi connectivity index (χ1n) is 7.15. The van der Waals surface area contributed by atoms with Gasteiger partial charge < -0.3 is 14.5 Å². The van der Waals surface area contributed by atoms with Crippen molar-refractivity contribution in [1.82, 2.24) is 5.32 Å². The highest BCUT2D eigenvalue weighted by atomic mass is 16.5. The molecule has 1 aliphatic rings. The Kier molecular flexibility index (Phi) is 3.58. The third-order valence-corrected chi connectivity index (χ3v) is 3.90. The standard InChI is InChI=1S/C16H21NO2/c1-3-12-13-6-4-5-7-14(13)19-16(12)15-10-17-11(2)8-9-18-15/h4-7,11,15,17H,3,8-10H2,1-2H3. The number of benzene rings is 1. The lowest BCUT2D eigenvalue weighted by molar-refractivity contribution is 0.0514. The summed E-state index contributed by atoms with van der Waals surface area (Å²) in [6.45, 7) is 5.99. The SMILES string of the molecule is CCc1c(C2CNC(C)CCO2)oc2ccccc12. The molecule has 1 fully saturated rings. The second-order valence-corrected chi connectivity index (χ2v) is 5.25. The molecule has 2 unspecified atom stereocenters. The number of fused-ring (bicyclic) bond motifs is 1. The molecular weight excluding hydrogens is 238 g/mol. The highest BCUT2D eigenvalue weighted by Crippen LogP contribution is 2.32. The van der Waals surface area contributed by atoms with Gasteiger partial charge in [-0.3, -0.25) is 0 Å². The molecule has 0 spiro atoms. The average Bonchev–Trinajstić information content (AvgIpc) is 2.67. The molecular formula is C16H21NO2. The summed E-state index contributed by atoms with van der Waals surface area (Å²) in [5.74, 6) is 1.00. The van der Waals surface area contributed by atoms with Crippen LogP contribution in [0.5, 0.6) is 0 Å². The second-order valence-electron chi connectivity index (χ2n) is 5.25. The monoisotopic (exact) mass is 259 g/mol. The highest BCUT2D eigenvalue weighted by molar-refractivity contribution is 5.82. The van der Waals surface area contributed by atoms with Crippen LogP contribution in [0.25, 0.3) is 11.0 Å². The number of hydrogen-bond donors (Lipinski definition) is 1. The van der Waals surface area contributed by atoms with Crippen molar-refractivity contribution in [2.45, 2.75) is 38.8 Å². The minimum Gasteiger partial charge on any atom is -0.458 e. The van der Waals surface area contributed by atoms with Crippen LogP contribution in [-0.4, -0.2) is 19.2 Å². The number of rotatable bonds is 2. The molecule has 3 rings (SSSR count). The Bertz CT molecular complexity index is 561. The van der Waals surface area contributed by atoms with Crippen LogP contribution in [0.15, 0.2) is 28.7 Å². The Hall–Kier alpha value is -1.32. The summed E-state index contributed by atoms with van der Waals surface area (Å²) in [6, 6.07) is 8.76. The van der Waals surface area contributed by atoms with E-state index in [1.807, 2.05) is 12.1 Å². The zero-order chi connectivity index (χ0) is 13.2. The molecule has 102 valence electrons. The molecule has 3 nitrogen and oxygen atoms in total. The zero-order valence-electron chi connectivity index (χ0n) is 11.6. The molecule has 2 atom stereocenters. The van der Waals surface area contributed by atoms with Crippen LogP contribution in [0.3, 0.4) is 0 Å². The first-order chi connectivity index (χ1) is 9.29. The van der Waals surface area contributed by atoms with Gasteiger partial charge in [0.2, 0.25) is 0 Å². The molecule has 3 heteroatoms. The van der Waals surface area contributed by atoms with Crippen LogP contribution in [0.2, 0.25) is 0 Å². The van der Waals surface area contributed by atoms with E-state index < -0.39 is 0 Å². The normalized spacial score (nSPS) is 24.5. The van der Waals surface area contributed by atoms with Crippen LogP contribution in [0.4, 0.5) is 0 Å². The largest absolute Gasteiger partial charge is 0.458 e. The van der Waals surface area contributed by atoms with Crippen molar-refractivity contribution in [2.24, 2.45) is 0 Å². The quantitative estimate of drug-likeness (QED) is 0.897. The van der Waals surface area contributed by atoms with Crippen molar-refractivity contribution < 1.29 is 9.15 Å². The van der Waals surface area contributed by atoms with Crippen LogP contribution >= 0.6 is 0 Å². The Morgan fingerprint density at radius 2 is 2.16 bits per heavy atom. The Balaban J connectivity index is 1.99. The van der Waals surface area contributed by atoms with Crippen LogP contribution < -0.4 is 5.32 Å². The summed E-state index contributed by atoms with van der Waals surface area (Å²) in [6.07, 6.45) is 2.06. The highest BCUT2D eigenvalue weighted by Gasteiger charge is 2.24. The van der Waals surface area contributed by atoms with Crippen LogP contribution in [-0.2, 0) is 11.2 Å². The Morgan fingerprint density at radius 1 is 1.32 bits per heavy atom. The van der Waals surface area contributed by atoms with E-state index in [4.69, 9.17) is 9.15 Å². The van der Waals surface area contributed by atoms with Crippen molar-refractivity contribution in [3.8, 4) is 0 Å². The van der Waals surface area contributed by atoms with Gasteiger partial charge in [0.15, 0.2) is 0 Å². The van der Waals surface area contributed by atoms with Crippen LogP contribution in [0.1, 0.15) is 37.7 Å². The minimum atomic E-state index is 0.0345. The van der Waals surface area contributed by atoms with E-state index in [-0.39, 0.29) is 6.10 Å². The minimum absolute atomic E-state index is 0.0345. The average molecular weight is 259 g/mol. The van der Waals surface area contributed by atoms with E-state index in [1.165, 1.54) is 10.9 Å². The summed E-state index contributed by atoms with van der Waals surface area (Å²) in [5.41, 5.74) is 2.26. The van der Waals surface area contributed by atoms with E-state index in [1.54, 1.807) is 0 Å². The predicted octanol–water partition coefficient (Wildman–Crippen LogP) is 3.43. The van der Waals surface area contributed by atoms with Gasteiger partial charge in [-0.1, -0.05) is 25.1 Å². The van der Waals surface area contributed by atoms with E-state index in [9.17, 15) is 0 Å². The molecule has 0 radical (unpaired) electrons. The molecule has 0 saturated carbocycles. The Labute approximate surface area is 113 Å². The van der Waals surface area contributed by atoms with E-state index in [0.717, 1.165) is 37.3 Å². The fourth-order valence-electron chi connectivity index (χ4n) is 2.77. The van der Waals surface area contributed by atoms with Gasteiger partial charge in [-0.15, -0.1) is 0 Å². The number of furan rings is 1. The van der Waals surface area contributed by atoms with E-state index >= 15 is 0 Å². The van der Waals surface area contributed by atoms with Gasteiger partial charge in [-0.25, -0.2) is 0 Å². The van der Waals surface area contributed by atoms with Crippen LogP contribution in [0, 0.1) is 0 Å². The first-order valence-corrected chi connectivity index (χ1v) is 7.15. The maximum absolute atomic E-state index is 6.06. The van der Waals surface area contributed by atoms with E-state index in [0.29, 0.717) is 6.04 Å². The number of para-hydroxylation sites is 1. The predicted molar refractivity (Wildman–Crippen MR) is 76.4 cm³/mol. The molecule has 1 aromatic carbocycles. The van der Waals surface area contributed by atoms with Crippen molar-refractivity contribution in [1.29, 1.82) is 0 Å². The van der Waals surface area contributed by atoms with Crippen molar-refractivity contribution >= 4 is 11.0 Å². The fraction of sp³-hybridized carbons (Fsp3) is 0.500. The van der Waals surface area contributed by atoms with Gasteiger partial charge in [0, 0.05) is 30.1 Å². The molecule has 0 amide bonds. The lowest BCUT2D eigenvalue weighted by atomic mass is 10.1. The maximum Gasteiger partial charge on any atom is 0.138 e. The Morgan fingerprint density at radius 3 is 3.00 bits per heavy atom. The molecule has 1 aromatic heterocycles. The zero-order valence-corrected chi connectivity index (χ0v) is 11.6. The lowest BCUT2D eigenvalue weighted by Crippen LogP contribution is -2.27. The third-order valence-electron chi connectivity index (χ3n) is 3.90. The van der Waals surface area contributed by atoms with Gasteiger partial charge in [0.25, 0.3) is 0 Å².